The van der Waals surface area contributed by atoms with Crippen LogP contribution in [0.25, 0.3) is 0 Å². The van der Waals surface area contributed by atoms with Gasteiger partial charge in [0.05, 0.1) is 12.7 Å². The number of morpholine rings is 1. The van der Waals surface area contributed by atoms with E-state index in [1.807, 2.05) is 6.92 Å². The van der Waals surface area contributed by atoms with E-state index in [1.165, 1.54) is 9.80 Å². The number of amides is 2. The molecular weight excluding hydrogens is 248 g/mol. The minimum atomic E-state index is -1.06. The first kappa shape index (κ1) is 15.2. The minimum Gasteiger partial charge on any atom is -0.480 e. The molecule has 1 aliphatic heterocycles. The van der Waals surface area contributed by atoms with Crippen LogP contribution in [0.15, 0.2) is 25.3 Å². The molecule has 2 atom stereocenters. The van der Waals surface area contributed by atoms with Crippen molar-refractivity contribution in [3.63, 3.8) is 0 Å². The highest BCUT2D eigenvalue weighted by Crippen LogP contribution is 2.14. The quantitative estimate of drug-likeness (QED) is 0.754. The SMILES string of the molecule is C=CCN(CC=C)C(=O)N1C[C@@H](C)OC[C@H]1C(=O)O. The van der Waals surface area contributed by atoms with Gasteiger partial charge in [0.15, 0.2) is 6.04 Å². The smallest absolute Gasteiger partial charge is 0.328 e. The number of nitrogens with zero attached hydrogens (tertiary/aromatic N) is 2. The molecular formula is C13H20N2O4. The van der Waals surface area contributed by atoms with Gasteiger partial charge in [0.2, 0.25) is 0 Å². The van der Waals surface area contributed by atoms with Crippen molar-refractivity contribution in [3.8, 4) is 0 Å². The van der Waals surface area contributed by atoms with Gasteiger partial charge >= 0.3 is 12.0 Å². The predicted molar refractivity (Wildman–Crippen MR) is 70.9 cm³/mol. The van der Waals surface area contributed by atoms with Crippen molar-refractivity contribution in [1.82, 2.24) is 9.80 Å². The van der Waals surface area contributed by atoms with Gasteiger partial charge in [0.25, 0.3) is 0 Å². The van der Waals surface area contributed by atoms with Gasteiger partial charge in [-0.15, -0.1) is 13.2 Å². The topological polar surface area (TPSA) is 70.1 Å². The van der Waals surface area contributed by atoms with Crippen LogP contribution in [-0.4, -0.2) is 65.3 Å². The van der Waals surface area contributed by atoms with Gasteiger partial charge in [-0.3, -0.25) is 0 Å². The molecule has 1 fully saturated rings. The number of carboxylic acid groups (broad SMARTS) is 1. The van der Waals surface area contributed by atoms with Crippen molar-refractivity contribution in [3.05, 3.63) is 25.3 Å². The highest BCUT2D eigenvalue weighted by Gasteiger charge is 2.36. The average molecular weight is 268 g/mol. The molecule has 0 aromatic heterocycles. The summed E-state index contributed by atoms with van der Waals surface area (Å²) in [6, 6.07) is -1.27. The molecule has 6 nitrogen and oxygen atoms in total. The van der Waals surface area contributed by atoms with Crippen molar-refractivity contribution >= 4 is 12.0 Å². The van der Waals surface area contributed by atoms with E-state index in [9.17, 15) is 9.59 Å². The molecule has 1 heterocycles. The molecule has 0 aromatic rings. The van der Waals surface area contributed by atoms with Gasteiger partial charge in [-0.1, -0.05) is 12.2 Å². The van der Waals surface area contributed by atoms with Crippen LogP contribution < -0.4 is 0 Å². The summed E-state index contributed by atoms with van der Waals surface area (Å²) in [6.07, 6.45) is 3.02. The van der Waals surface area contributed by atoms with Crippen molar-refractivity contribution in [1.29, 1.82) is 0 Å². The van der Waals surface area contributed by atoms with Gasteiger partial charge in [0.1, 0.15) is 0 Å². The summed E-state index contributed by atoms with van der Waals surface area (Å²) in [7, 11) is 0. The Labute approximate surface area is 112 Å². The Bertz CT molecular complexity index is 360. The maximum atomic E-state index is 12.4. The minimum absolute atomic E-state index is 0.0122. The molecule has 1 N–H and O–H groups in total. The fourth-order valence-corrected chi connectivity index (χ4v) is 1.94. The molecule has 0 saturated carbocycles. The molecule has 0 radical (unpaired) electrons. The summed E-state index contributed by atoms with van der Waals surface area (Å²) < 4.78 is 5.30. The van der Waals surface area contributed by atoms with E-state index >= 15 is 0 Å². The highest BCUT2D eigenvalue weighted by molar-refractivity contribution is 5.83. The van der Waals surface area contributed by atoms with Crippen molar-refractivity contribution < 1.29 is 19.4 Å². The molecule has 106 valence electrons. The van der Waals surface area contributed by atoms with Crippen LogP contribution in [0, 0.1) is 0 Å². The fraction of sp³-hybridized carbons (Fsp3) is 0.538. The van der Waals surface area contributed by atoms with Crippen LogP contribution in [0.2, 0.25) is 0 Å². The first-order chi connectivity index (χ1) is 9.01. The summed E-state index contributed by atoms with van der Waals surface area (Å²) >= 11 is 0. The van der Waals surface area contributed by atoms with Crippen LogP contribution in [0.5, 0.6) is 0 Å². The average Bonchev–Trinajstić information content (AvgIpc) is 2.37. The number of ether oxygens (including phenoxy) is 1. The molecule has 2 amide bonds. The van der Waals surface area contributed by atoms with Crippen LogP contribution in [0.1, 0.15) is 6.92 Å². The monoisotopic (exact) mass is 268 g/mol. The zero-order chi connectivity index (χ0) is 14.4. The van der Waals surface area contributed by atoms with E-state index in [1.54, 1.807) is 12.2 Å². The molecule has 1 rings (SSSR count). The molecule has 0 aliphatic carbocycles. The van der Waals surface area contributed by atoms with E-state index in [0.29, 0.717) is 13.1 Å². The van der Waals surface area contributed by atoms with Crippen LogP contribution in [-0.2, 0) is 9.53 Å². The van der Waals surface area contributed by atoms with Gasteiger partial charge in [0, 0.05) is 19.6 Å². The number of rotatable bonds is 5. The maximum absolute atomic E-state index is 12.4. The number of hydrogen-bond acceptors (Lipinski definition) is 3. The maximum Gasteiger partial charge on any atom is 0.328 e. The second-order valence-corrected chi connectivity index (χ2v) is 4.42. The third-order valence-electron chi connectivity index (χ3n) is 2.87. The lowest BCUT2D eigenvalue weighted by molar-refractivity contribution is -0.150. The third-order valence-corrected chi connectivity index (χ3v) is 2.87. The normalized spacial score (nSPS) is 22.7. The number of carbonyl (C=O) groups is 2. The number of carbonyl (C=O) groups excluding carboxylic acids is 1. The predicted octanol–water partition coefficient (Wildman–Crippen LogP) is 0.954. The lowest BCUT2D eigenvalue weighted by atomic mass is 10.2. The Hall–Kier alpha value is -1.82. The molecule has 1 saturated heterocycles. The molecule has 0 unspecified atom stereocenters. The summed E-state index contributed by atoms with van der Waals surface area (Å²) in [4.78, 5) is 26.4. The summed E-state index contributed by atoms with van der Waals surface area (Å²) in [5, 5.41) is 9.15. The first-order valence-electron chi connectivity index (χ1n) is 6.13. The van der Waals surface area contributed by atoms with E-state index in [2.05, 4.69) is 13.2 Å². The van der Waals surface area contributed by atoms with Crippen molar-refractivity contribution in [2.45, 2.75) is 19.1 Å². The largest absolute Gasteiger partial charge is 0.480 e. The van der Waals surface area contributed by atoms with E-state index in [4.69, 9.17) is 9.84 Å². The van der Waals surface area contributed by atoms with E-state index < -0.39 is 12.0 Å². The van der Waals surface area contributed by atoms with Gasteiger partial charge in [-0.2, -0.15) is 0 Å². The summed E-state index contributed by atoms with van der Waals surface area (Å²) in [5.74, 6) is -1.06. The molecule has 0 bridgehead atoms. The lowest BCUT2D eigenvalue weighted by Gasteiger charge is -2.38. The Morgan fingerprint density at radius 2 is 2.00 bits per heavy atom. The highest BCUT2D eigenvalue weighted by atomic mass is 16.5. The molecule has 19 heavy (non-hydrogen) atoms. The Kier molecular flexibility index (Phi) is 5.57. The van der Waals surface area contributed by atoms with E-state index in [-0.39, 0.29) is 25.3 Å². The number of carboxylic acids is 1. The summed E-state index contributed by atoms with van der Waals surface area (Å²) in [6.45, 7) is 9.97. The molecule has 0 aromatic carbocycles. The van der Waals surface area contributed by atoms with Crippen LogP contribution in [0.3, 0.4) is 0 Å². The summed E-state index contributed by atoms with van der Waals surface area (Å²) in [5.41, 5.74) is 0. The van der Waals surface area contributed by atoms with Gasteiger partial charge in [-0.05, 0) is 6.92 Å². The zero-order valence-corrected chi connectivity index (χ0v) is 11.1. The second kappa shape index (κ2) is 6.94. The molecule has 1 aliphatic rings. The second-order valence-electron chi connectivity index (χ2n) is 4.42. The number of urea groups is 1. The molecule has 0 spiro atoms. The number of aliphatic carboxylic acids is 1. The zero-order valence-electron chi connectivity index (χ0n) is 11.1. The van der Waals surface area contributed by atoms with Crippen molar-refractivity contribution in [2.24, 2.45) is 0 Å². The third kappa shape index (κ3) is 3.82. The van der Waals surface area contributed by atoms with Crippen molar-refractivity contribution in [2.75, 3.05) is 26.2 Å². The fourth-order valence-electron chi connectivity index (χ4n) is 1.94. The van der Waals surface area contributed by atoms with Gasteiger partial charge in [-0.25, -0.2) is 9.59 Å². The number of hydrogen-bond donors (Lipinski definition) is 1. The lowest BCUT2D eigenvalue weighted by Crippen LogP contribution is -2.58. The standard InChI is InChI=1S/C13H20N2O4/c1-4-6-14(7-5-2)13(18)15-8-10(3)19-9-11(15)12(16)17/h4-5,10-11H,1-2,6-9H2,3H3,(H,16,17)/t10-,11+/m1/s1. The van der Waals surface area contributed by atoms with Gasteiger partial charge < -0.3 is 19.6 Å². The molecule has 6 heteroatoms. The first-order valence-corrected chi connectivity index (χ1v) is 6.13. The van der Waals surface area contributed by atoms with E-state index in [0.717, 1.165) is 0 Å². The Morgan fingerprint density at radius 3 is 2.47 bits per heavy atom. The van der Waals surface area contributed by atoms with Crippen LogP contribution in [0.4, 0.5) is 4.79 Å². The Morgan fingerprint density at radius 1 is 1.42 bits per heavy atom. The Balaban J connectivity index is 2.86. The van der Waals surface area contributed by atoms with Crippen LogP contribution >= 0.6 is 0 Å².